The summed E-state index contributed by atoms with van der Waals surface area (Å²) in [5.41, 5.74) is -0.835. The van der Waals surface area contributed by atoms with Crippen molar-refractivity contribution >= 4 is 29.0 Å². The third-order valence-electron chi connectivity index (χ3n) is 7.26. The van der Waals surface area contributed by atoms with Crippen LogP contribution in [0.25, 0.3) is 0 Å². The van der Waals surface area contributed by atoms with Crippen LogP contribution in [0.2, 0.25) is 0 Å². The molecule has 0 aromatic heterocycles. The Morgan fingerprint density at radius 2 is 1.36 bits per heavy atom. The van der Waals surface area contributed by atoms with E-state index in [1.165, 1.54) is 19.3 Å². The van der Waals surface area contributed by atoms with Gasteiger partial charge in [0.1, 0.15) is 4.33 Å². The van der Waals surface area contributed by atoms with Gasteiger partial charge in [0.05, 0.1) is 10.8 Å². The summed E-state index contributed by atoms with van der Waals surface area (Å²) in [4.78, 5) is 13.2. The van der Waals surface area contributed by atoms with Gasteiger partial charge in [0.2, 0.25) is 0 Å². The van der Waals surface area contributed by atoms with Crippen LogP contribution in [0.5, 0.6) is 0 Å². The largest absolute Gasteiger partial charge is 0.298 e. The van der Waals surface area contributed by atoms with Gasteiger partial charge in [-0.2, -0.15) is 0 Å². The highest BCUT2D eigenvalue weighted by molar-refractivity contribution is 6.55. The lowest BCUT2D eigenvalue weighted by Crippen LogP contribution is -2.74. The van der Waals surface area contributed by atoms with Crippen LogP contribution in [0.1, 0.15) is 84.5 Å². The van der Waals surface area contributed by atoms with Crippen LogP contribution in [-0.4, -0.2) is 10.1 Å². The van der Waals surface area contributed by atoms with Gasteiger partial charge in [-0.25, -0.2) is 0 Å². The van der Waals surface area contributed by atoms with Crippen molar-refractivity contribution < 1.29 is 4.79 Å². The number of carbonyl (C=O) groups is 1. The average Bonchev–Trinajstić information content (AvgIpc) is 2.55. The van der Waals surface area contributed by atoms with Crippen LogP contribution in [0.3, 0.4) is 0 Å². The zero-order valence-corrected chi connectivity index (χ0v) is 15.6. The third-order valence-corrected chi connectivity index (χ3v) is 8.71. The Labute approximate surface area is 145 Å². The molecular weight excluding hydrogens is 315 g/mol. The first-order valence-electron chi connectivity index (χ1n) is 9.36. The van der Waals surface area contributed by atoms with Gasteiger partial charge in [0.15, 0.2) is 5.78 Å². The second kappa shape index (κ2) is 5.96. The number of halogens is 2. The molecule has 0 atom stereocenters. The molecule has 3 fully saturated rings. The fourth-order valence-electron chi connectivity index (χ4n) is 5.67. The van der Waals surface area contributed by atoms with E-state index in [4.69, 9.17) is 23.2 Å². The molecule has 0 unspecified atom stereocenters. The molecule has 0 amide bonds. The van der Waals surface area contributed by atoms with Crippen LogP contribution < -0.4 is 0 Å². The lowest BCUT2D eigenvalue weighted by molar-refractivity contribution is -0.172. The van der Waals surface area contributed by atoms with Gasteiger partial charge in [0.25, 0.3) is 0 Å². The van der Waals surface area contributed by atoms with E-state index < -0.39 is 15.2 Å². The molecule has 22 heavy (non-hydrogen) atoms. The molecular formula is C19H30Cl2O. The standard InChI is InChI=1S/C19H30Cl2O/c1-3-5-15-8-12-18(13-9-15)16(22)17(19(18,20)21)10-6-14(4-2)7-11-17/h14-15H,3-13H2,1-2H3/t14?,15-,17-,18+. The highest BCUT2D eigenvalue weighted by Crippen LogP contribution is 2.74. The monoisotopic (exact) mass is 344 g/mol. The molecule has 0 bridgehead atoms. The van der Waals surface area contributed by atoms with Crippen LogP contribution in [0, 0.1) is 22.7 Å². The lowest BCUT2D eigenvalue weighted by atomic mass is 9.42. The Hall–Kier alpha value is 0.250. The van der Waals surface area contributed by atoms with Gasteiger partial charge < -0.3 is 0 Å². The summed E-state index contributed by atoms with van der Waals surface area (Å²) in [6, 6.07) is 0. The topological polar surface area (TPSA) is 17.1 Å². The SMILES string of the molecule is CCC[C@H]1CC[C@@]2(CC1)C(=O)[C@]1(CCC(CC)CC1)C2(Cl)Cl. The lowest BCUT2D eigenvalue weighted by Gasteiger charge is -2.67. The van der Waals surface area contributed by atoms with Gasteiger partial charge in [-0.1, -0.05) is 56.3 Å². The minimum absolute atomic E-state index is 0.417. The van der Waals surface area contributed by atoms with Gasteiger partial charge in [0, 0.05) is 0 Å². The summed E-state index contributed by atoms with van der Waals surface area (Å²) < 4.78 is -0.813. The maximum atomic E-state index is 13.2. The highest BCUT2D eigenvalue weighted by Gasteiger charge is 2.78. The maximum Gasteiger partial charge on any atom is 0.151 e. The molecule has 0 N–H and O–H groups in total. The van der Waals surface area contributed by atoms with Crippen molar-refractivity contribution in [2.24, 2.45) is 22.7 Å². The quantitative estimate of drug-likeness (QED) is 0.548. The molecule has 3 saturated carbocycles. The molecule has 3 rings (SSSR count). The summed E-state index contributed by atoms with van der Waals surface area (Å²) >= 11 is 13.9. The van der Waals surface area contributed by atoms with E-state index in [0.717, 1.165) is 63.2 Å². The van der Waals surface area contributed by atoms with Crippen molar-refractivity contribution in [2.75, 3.05) is 0 Å². The van der Waals surface area contributed by atoms with E-state index in [1.807, 2.05) is 0 Å². The summed E-state index contributed by atoms with van der Waals surface area (Å²) in [6.07, 6.45) is 11.9. The molecule has 0 saturated heterocycles. The normalized spacial score (nSPS) is 44.3. The first kappa shape index (κ1) is 17.1. The summed E-state index contributed by atoms with van der Waals surface area (Å²) in [5.74, 6) is 1.97. The zero-order valence-electron chi connectivity index (χ0n) is 14.1. The molecule has 1 nitrogen and oxygen atoms in total. The van der Waals surface area contributed by atoms with E-state index in [0.29, 0.717) is 5.78 Å². The van der Waals surface area contributed by atoms with Crippen molar-refractivity contribution in [2.45, 2.75) is 88.8 Å². The number of rotatable bonds is 3. The fourth-order valence-corrected chi connectivity index (χ4v) is 6.77. The predicted octanol–water partition coefficient (Wildman–Crippen LogP) is 6.31. The molecule has 0 aliphatic heterocycles. The van der Waals surface area contributed by atoms with Crippen LogP contribution in [-0.2, 0) is 4.79 Å². The molecule has 3 aliphatic carbocycles. The van der Waals surface area contributed by atoms with E-state index in [2.05, 4.69) is 13.8 Å². The average molecular weight is 345 g/mol. The molecule has 0 aromatic carbocycles. The van der Waals surface area contributed by atoms with Crippen LogP contribution in [0.4, 0.5) is 0 Å². The number of ketones is 1. The molecule has 0 aromatic rings. The number of hydrogen-bond donors (Lipinski definition) is 0. The highest BCUT2D eigenvalue weighted by atomic mass is 35.5. The van der Waals surface area contributed by atoms with Gasteiger partial charge in [-0.3, -0.25) is 4.79 Å². The Kier molecular flexibility index (Phi) is 4.63. The third kappa shape index (κ3) is 2.14. The molecule has 0 heterocycles. The molecule has 0 radical (unpaired) electrons. The summed E-state index contributed by atoms with van der Waals surface area (Å²) in [7, 11) is 0. The van der Waals surface area contributed by atoms with Crippen LogP contribution in [0.15, 0.2) is 0 Å². The number of alkyl halides is 2. The van der Waals surface area contributed by atoms with E-state index in [1.54, 1.807) is 0 Å². The smallest absolute Gasteiger partial charge is 0.151 e. The second-order valence-corrected chi connectivity index (χ2v) is 9.48. The minimum atomic E-state index is -0.813. The Morgan fingerprint density at radius 3 is 1.73 bits per heavy atom. The summed E-state index contributed by atoms with van der Waals surface area (Å²) in [5, 5.41) is 0. The van der Waals surface area contributed by atoms with Gasteiger partial charge in [-0.05, 0) is 63.2 Å². The number of hydrogen-bond acceptors (Lipinski definition) is 1. The van der Waals surface area contributed by atoms with Crippen LogP contribution >= 0.6 is 23.2 Å². The van der Waals surface area contributed by atoms with Crippen molar-refractivity contribution in [3.05, 3.63) is 0 Å². The zero-order chi connectivity index (χ0) is 16.0. The van der Waals surface area contributed by atoms with Gasteiger partial charge in [-0.15, -0.1) is 0 Å². The molecule has 126 valence electrons. The maximum absolute atomic E-state index is 13.2. The molecule has 3 aliphatic rings. The van der Waals surface area contributed by atoms with Crippen molar-refractivity contribution in [3.63, 3.8) is 0 Å². The van der Waals surface area contributed by atoms with Crippen molar-refractivity contribution in [1.29, 1.82) is 0 Å². The molecule has 3 heteroatoms. The van der Waals surface area contributed by atoms with Crippen molar-refractivity contribution in [3.8, 4) is 0 Å². The van der Waals surface area contributed by atoms with Gasteiger partial charge >= 0.3 is 0 Å². The summed E-state index contributed by atoms with van der Waals surface area (Å²) in [6.45, 7) is 4.49. The first-order valence-corrected chi connectivity index (χ1v) is 10.1. The van der Waals surface area contributed by atoms with E-state index >= 15 is 0 Å². The first-order chi connectivity index (χ1) is 10.4. The Balaban J connectivity index is 1.74. The number of carbonyl (C=O) groups excluding carboxylic acids is 1. The number of Topliss-reactive ketones (excluding diaryl/α,β-unsaturated/α-hetero) is 1. The van der Waals surface area contributed by atoms with E-state index in [-0.39, 0.29) is 0 Å². The van der Waals surface area contributed by atoms with Crippen molar-refractivity contribution in [1.82, 2.24) is 0 Å². The van der Waals surface area contributed by atoms with E-state index in [9.17, 15) is 4.79 Å². The fraction of sp³-hybridized carbons (Fsp3) is 0.947. The second-order valence-electron chi connectivity index (χ2n) is 8.15. The Bertz CT molecular complexity index is 427. The molecule has 2 spiro atoms. The minimum Gasteiger partial charge on any atom is -0.298 e. The predicted molar refractivity (Wildman–Crippen MR) is 93.4 cm³/mol. The Morgan fingerprint density at radius 1 is 0.909 bits per heavy atom.